The quantitative estimate of drug-likeness (QED) is 0.814. The molecule has 3 N–H and O–H groups in total. The van der Waals surface area contributed by atoms with Crippen LogP contribution >= 0.6 is 24.8 Å². The van der Waals surface area contributed by atoms with Crippen LogP contribution < -0.4 is 5.73 Å². The smallest absolute Gasteiger partial charge is 0.416 e. The number of rotatable bonds is 2. The van der Waals surface area contributed by atoms with Gasteiger partial charge in [-0.25, -0.2) is 14.3 Å². The van der Waals surface area contributed by atoms with Gasteiger partial charge in [0.15, 0.2) is 0 Å². The van der Waals surface area contributed by atoms with Crippen LogP contribution in [0.4, 0.5) is 4.79 Å². The van der Waals surface area contributed by atoms with Crippen LogP contribution in [-0.2, 0) is 6.42 Å². The highest BCUT2D eigenvalue weighted by Gasteiger charge is 2.04. The van der Waals surface area contributed by atoms with E-state index in [2.05, 4.69) is 4.98 Å². The average Bonchev–Trinajstić information content (AvgIpc) is 2.34. The molecule has 1 aromatic heterocycles. The van der Waals surface area contributed by atoms with Crippen LogP contribution in [0.25, 0.3) is 0 Å². The number of imidazole rings is 1. The highest BCUT2D eigenvalue weighted by Crippen LogP contribution is 1.98. The van der Waals surface area contributed by atoms with E-state index in [0.717, 1.165) is 4.57 Å². The van der Waals surface area contributed by atoms with Gasteiger partial charge < -0.3 is 10.8 Å². The highest BCUT2D eigenvalue weighted by atomic mass is 35.5. The highest BCUT2D eigenvalue weighted by molar-refractivity contribution is 5.85. The molecule has 0 aromatic carbocycles. The summed E-state index contributed by atoms with van der Waals surface area (Å²) < 4.78 is 1.01. The lowest BCUT2D eigenvalue weighted by Gasteiger charge is -1.98. The molecule has 1 atom stereocenters. The summed E-state index contributed by atoms with van der Waals surface area (Å²) in [5.74, 6) is 0. The minimum Gasteiger partial charge on any atom is -0.464 e. The fourth-order valence-corrected chi connectivity index (χ4v) is 0.903. The van der Waals surface area contributed by atoms with Crippen molar-refractivity contribution >= 4 is 30.9 Å². The maximum Gasteiger partial charge on any atom is 0.416 e. The zero-order valence-electron chi connectivity index (χ0n) is 7.58. The van der Waals surface area contributed by atoms with Gasteiger partial charge in [-0.2, -0.15) is 0 Å². The molecule has 0 saturated heterocycles. The van der Waals surface area contributed by atoms with Crippen molar-refractivity contribution in [3.63, 3.8) is 0 Å². The largest absolute Gasteiger partial charge is 0.464 e. The van der Waals surface area contributed by atoms with E-state index in [4.69, 9.17) is 10.8 Å². The van der Waals surface area contributed by atoms with Gasteiger partial charge in [0.25, 0.3) is 0 Å². The van der Waals surface area contributed by atoms with Gasteiger partial charge in [-0.15, -0.1) is 24.8 Å². The van der Waals surface area contributed by atoms with Crippen LogP contribution in [-0.4, -0.2) is 26.8 Å². The van der Waals surface area contributed by atoms with Gasteiger partial charge in [0, 0.05) is 18.7 Å². The van der Waals surface area contributed by atoms with Gasteiger partial charge >= 0.3 is 6.09 Å². The third-order valence-electron chi connectivity index (χ3n) is 1.39. The van der Waals surface area contributed by atoms with Crippen LogP contribution in [0.5, 0.6) is 0 Å². The molecule has 0 aliphatic carbocycles. The summed E-state index contributed by atoms with van der Waals surface area (Å²) in [6, 6.07) is 0.00199. The molecule has 0 spiro atoms. The number of carbonyl (C=O) groups is 1. The van der Waals surface area contributed by atoms with Crippen molar-refractivity contribution < 1.29 is 9.90 Å². The number of halogens is 2. The Bertz CT molecular complexity index is 288. The predicted molar refractivity (Wildman–Crippen MR) is 57.5 cm³/mol. The molecular formula is C7H13Cl2N3O2. The number of hydrogen-bond donors (Lipinski definition) is 2. The Morgan fingerprint density at radius 2 is 2.29 bits per heavy atom. The third-order valence-corrected chi connectivity index (χ3v) is 1.39. The standard InChI is InChI=1S/C7H11N3O2.2ClH/c1-5(8)2-6-3-10(4-9-6)7(11)12;;/h3-5H,2,8H2,1H3,(H,11,12);2*1H/t5-;;/m1../s1. The van der Waals surface area contributed by atoms with E-state index < -0.39 is 6.09 Å². The van der Waals surface area contributed by atoms with E-state index in [0.29, 0.717) is 12.1 Å². The molecule has 1 heterocycles. The second kappa shape index (κ2) is 6.64. The van der Waals surface area contributed by atoms with Crippen molar-refractivity contribution in [1.29, 1.82) is 0 Å². The lowest BCUT2D eigenvalue weighted by molar-refractivity contribution is 0.196. The van der Waals surface area contributed by atoms with Crippen molar-refractivity contribution in [1.82, 2.24) is 9.55 Å². The number of nitrogens with two attached hydrogens (primary N) is 1. The monoisotopic (exact) mass is 241 g/mol. The first-order valence-electron chi connectivity index (χ1n) is 3.61. The van der Waals surface area contributed by atoms with Crippen molar-refractivity contribution in [3.05, 3.63) is 18.2 Å². The summed E-state index contributed by atoms with van der Waals surface area (Å²) in [7, 11) is 0. The summed E-state index contributed by atoms with van der Waals surface area (Å²) in [5.41, 5.74) is 6.21. The van der Waals surface area contributed by atoms with Crippen molar-refractivity contribution in [2.75, 3.05) is 0 Å². The zero-order chi connectivity index (χ0) is 9.14. The number of nitrogens with zero attached hydrogens (tertiary/aromatic N) is 2. The van der Waals surface area contributed by atoms with Crippen molar-refractivity contribution in [2.24, 2.45) is 5.73 Å². The van der Waals surface area contributed by atoms with E-state index in [1.807, 2.05) is 6.92 Å². The second-order valence-corrected chi connectivity index (χ2v) is 2.74. The summed E-state index contributed by atoms with van der Waals surface area (Å²) >= 11 is 0. The van der Waals surface area contributed by atoms with Gasteiger partial charge in [-0.1, -0.05) is 0 Å². The molecule has 0 unspecified atom stereocenters. The van der Waals surface area contributed by atoms with E-state index in [1.54, 1.807) is 0 Å². The molecule has 0 aliphatic rings. The molecule has 1 aromatic rings. The third kappa shape index (κ3) is 4.45. The Hall–Kier alpha value is -0.780. The Morgan fingerprint density at radius 1 is 1.71 bits per heavy atom. The van der Waals surface area contributed by atoms with Crippen LogP contribution in [0.3, 0.4) is 0 Å². The van der Waals surface area contributed by atoms with Crippen molar-refractivity contribution in [2.45, 2.75) is 19.4 Å². The van der Waals surface area contributed by atoms with Gasteiger partial charge in [-0.3, -0.25) is 0 Å². The van der Waals surface area contributed by atoms with E-state index in [9.17, 15) is 4.79 Å². The van der Waals surface area contributed by atoms with E-state index in [-0.39, 0.29) is 30.9 Å². The van der Waals surface area contributed by atoms with Crippen molar-refractivity contribution in [3.8, 4) is 0 Å². The molecule has 0 bridgehead atoms. The molecule has 0 saturated carbocycles. The Morgan fingerprint density at radius 3 is 2.64 bits per heavy atom. The molecule has 0 aliphatic heterocycles. The maximum absolute atomic E-state index is 10.4. The lowest BCUT2D eigenvalue weighted by atomic mass is 10.2. The molecular weight excluding hydrogens is 229 g/mol. The van der Waals surface area contributed by atoms with E-state index >= 15 is 0 Å². The fraction of sp³-hybridized carbons (Fsp3) is 0.429. The Labute approximate surface area is 94.1 Å². The Kier molecular flexibility index (Phi) is 7.44. The molecule has 14 heavy (non-hydrogen) atoms. The van der Waals surface area contributed by atoms with Gasteiger partial charge in [-0.05, 0) is 6.92 Å². The molecule has 82 valence electrons. The number of aromatic nitrogens is 2. The normalized spacial score (nSPS) is 11.0. The second-order valence-electron chi connectivity index (χ2n) is 2.74. The molecule has 0 fully saturated rings. The first-order valence-corrected chi connectivity index (χ1v) is 3.61. The van der Waals surface area contributed by atoms with Crippen LogP contribution in [0.15, 0.2) is 12.5 Å². The maximum atomic E-state index is 10.4. The first kappa shape index (κ1) is 15.7. The number of hydrogen-bond acceptors (Lipinski definition) is 3. The van der Waals surface area contributed by atoms with Gasteiger partial charge in [0.05, 0.1) is 5.69 Å². The average molecular weight is 242 g/mol. The first-order chi connectivity index (χ1) is 5.59. The lowest BCUT2D eigenvalue weighted by Crippen LogP contribution is -2.17. The predicted octanol–water partition coefficient (Wildman–Crippen LogP) is 1.14. The summed E-state index contributed by atoms with van der Waals surface area (Å²) in [5, 5.41) is 8.52. The zero-order valence-corrected chi connectivity index (χ0v) is 9.22. The molecule has 0 radical (unpaired) electrons. The fourth-order valence-electron chi connectivity index (χ4n) is 0.903. The summed E-state index contributed by atoms with van der Waals surface area (Å²) in [4.78, 5) is 14.3. The topological polar surface area (TPSA) is 81.1 Å². The van der Waals surface area contributed by atoms with Gasteiger partial charge in [0.2, 0.25) is 0 Å². The minimum atomic E-state index is -1.03. The molecule has 5 nitrogen and oxygen atoms in total. The molecule has 1 rings (SSSR count). The minimum absolute atomic E-state index is 0. The van der Waals surface area contributed by atoms with Crippen LogP contribution in [0.1, 0.15) is 12.6 Å². The molecule has 7 heteroatoms. The van der Waals surface area contributed by atoms with Gasteiger partial charge in [0.1, 0.15) is 6.33 Å². The summed E-state index contributed by atoms with van der Waals surface area (Å²) in [6.45, 7) is 1.85. The number of carboxylic acid groups (broad SMARTS) is 1. The Balaban J connectivity index is 0. The summed E-state index contributed by atoms with van der Waals surface area (Å²) in [6.07, 6.45) is 2.30. The SMILES string of the molecule is C[C@@H](N)Cc1cn(C(=O)O)cn1.Cl.Cl. The van der Waals surface area contributed by atoms with Crippen LogP contribution in [0.2, 0.25) is 0 Å². The molecule has 0 amide bonds. The van der Waals surface area contributed by atoms with E-state index in [1.165, 1.54) is 12.5 Å². The van der Waals surface area contributed by atoms with Crippen LogP contribution in [0, 0.1) is 0 Å².